The van der Waals surface area contributed by atoms with Crippen molar-refractivity contribution in [1.29, 1.82) is 0 Å². The third-order valence-corrected chi connectivity index (χ3v) is 2.76. The summed E-state index contributed by atoms with van der Waals surface area (Å²) in [6.45, 7) is 3.92. The molecule has 1 unspecified atom stereocenters. The Morgan fingerprint density at radius 1 is 1.69 bits per heavy atom. The van der Waals surface area contributed by atoms with E-state index < -0.39 is 5.54 Å². The lowest BCUT2D eigenvalue weighted by atomic mass is 10.0. The van der Waals surface area contributed by atoms with Gasteiger partial charge in [-0.25, -0.2) is 0 Å². The monoisotopic (exact) mass is 215 g/mol. The van der Waals surface area contributed by atoms with Gasteiger partial charge in [-0.3, -0.25) is 0 Å². The number of hydrogen-bond donors (Lipinski definition) is 1. The van der Waals surface area contributed by atoms with Crippen LogP contribution in [0.15, 0.2) is 0 Å². The number of nitrogens with one attached hydrogen (secondary N) is 1. The first-order chi connectivity index (χ1) is 6.11. The van der Waals surface area contributed by atoms with Crippen LogP contribution in [-0.4, -0.2) is 14.3 Å². The molecule has 1 aromatic rings. The average Bonchev–Trinajstić information content (AvgIpc) is 2.52. The van der Waals surface area contributed by atoms with Crippen molar-refractivity contribution in [2.45, 2.75) is 25.8 Å². The standard InChI is InChI=1S/C8H10ClN3S/c1-4-8(3,5-2)10-7-6(9)11-13-12-7/h1H,5H2,2-3H3,(H,10,12). The van der Waals surface area contributed by atoms with Gasteiger partial charge in [-0.05, 0) is 13.3 Å². The molecule has 1 heterocycles. The van der Waals surface area contributed by atoms with Gasteiger partial charge in [0, 0.05) is 0 Å². The van der Waals surface area contributed by atoms with Crippen molar-refractivity contribution in [3.63, 3.8) is 0 Å². The third kappa shape index (κ3) is 2.33. The maximum absolute atomic E-state index is 5.77. The van der Waals surface area contributed by atoms with Crippen LogP contribution in [-0.2, 0) is 0 Å². The van der Waals surface area contributed by atoms with E-state index in [2.05, 4.69) is 20.0 Å². The highest BCUT2D eigenvalue weighted by Crippen LogP contribution is 2.23. The molecule has 0 amide bonds. The van der Waals surface area contributed by atoms with E-state index >= 15 is 0 Å². The molecule has 0 fully saturated rings. The summed E-state index contributed by atoms with van der Waals surface area (Å²) in [4.78, 5) is 0. The van der Waals surface area contributed by atoms with Crippen molar-refractivity contribution in [2.24, 2.45) is 0 Å². The number of hydrogen-bond acceptors (Lipinski definition) is 4. The lowest BCUT2D eigenvalue weighted by Crippen LogP contribution is -2.32. The summed E-state index contributed by atoms with van der Waals surface area (Å²) in [5, 5.41) is 3.45. The van der Waals surface area contributed by atoms with E-state index in [1.165, 1.54) is 0 Å². The zero-order valence-electron chi connectivity index (χ0n) is 7.47. The summed E-state index contributed by atoms with van der Waals surface area (Å²) >= 11 is 6.83. The Kier molecular flexibility index (Phi) is 3.12. The summed E-state index contributed by atoms with van der Waals surface area (Å²) in [5.74, 6) is 3.22. The molecule has 0 bridgehead atoms. The van der Waals surface area contributed by atoms with E-state index in [-0.39, 0.29) is 0 Å². The van der Waals surface area contributed by atoms with Crippen LogP contribution in [0.1, 0.15) is 20.3 Å². The van der Waals surface area contributed by atoms with Gasteiger partial charge < -0.3 is 5.32 Å². The van der Waals surface area contributed by atoms with Crippen LogP contribution in [0.4, 0.5) is 5.82 Å². The molecule has 0 spiro atoms. The second-order valence-corrected chi connectivity index (χ2v) is 3.75. The quantitative estimate of drug-likeness (QED) is 0.787. The second kappa shape index (κ2) is 3.95. The molecular weight excluding hydrogens is 206 g/mol. The molecule has 0 aromatic carbocycles. The van der Waals surface area contributed by atoms with Crippen molar-refractivity contribution in [3.05, 3.63) is 5.15 Å². The Hall–Kier alpha value is -0.790. The highest BCUT2D eigenvalue weighted by molar-refractivity contribution is 6.99. The third-order valence-electron chi connectivity index (χ3n) is 1.87. The molecule has 1 atom stereocenters. The highest BCUT2D eigenvalue weighted by Gasteiger charge is 2.20. The van der Waals surface area contributed by atoms with Crippen molar-refractivity contribution in [2.75, 3.05) is 5.32 Å². The summed E-state index contributed by atoms with van der Waals surface area (Å²) < 4.78 is 7.82. The van der Waals surface area contributed by atoms with Crippen LogP contribution in [0.25, 0.3) is 0 Å². The van der Waals surface area contributed by atoms with Gasteiger partial charge in [0.15, 0.2) is 11.0 Å². The number of rotatable bonds is 3. The molecule has 70 valence electrons. The minimum atomic E-state index is -0.403. The van der Waals surface area contributed by atoms with E-state index in [1.54, 1.807) is 0 Å². The number of halogens is 1. The molecule has 0 radical (unpaired) electrons. The number of terminal acetylenes is 1. The molecular formula is C8H10ClN3S. The topological polar surface area (TPSA) is 37.8 Å². The summed E-state index contributed by atoms with van der Waals surface area (Å²) in [6, 6.07) is 0. The van der Waals surface area contributed by atoms with Gasteiger partial charge in [-0.2, -0.15) is 8.75 Å². The Morgan fingerprint density at radius 2 is 2.38 bits per heavy atom. The van der Waals surface area contributed by atoms with Gasteiger partial charge in [-0.15, -0.1) is 6.42 Å². The fraction of sp³-hybridized carbons (Fsp3) is 0.500. The predicted molar refractivity (Wildman–Crippen MR) is 56.1 cm³/mol. The fourth-order valence-corrected chi connectivity index (χ4v) is 1.39. The van der Waals surface area contributed by atoms with Gasteiger partial charge in [-0.1, -0.05) is 24.4 Å². The lowest BCUT2D eigenvalue weighted by Gasteiger charge is -2.22. The van der Waals surface area contributed by atoms with Crippen LogP contribution < -0.4 is 5.32 Å². The maximum atomic E-state index is 5.77. The fourth-order valence-electron chi connectivity index (χ4n) is 0.740. The van der Waals surface area contributed by atoms with Gasteiger partial charge in [0.25, 0.3) is 0 Å². The number of anilines is 1. The van der Waals surface area contributed by atoms with E-state index in [0.29, 0.717) is 11.0 Å². The zero-order valence-corrected chi connectivity index (χ0v) is 9.04. The van der Waals surface area contributed by atoms with Gasteiger partial charge in [0.1, 0.15) is 0 Å². The smallest absolute Gasteiger partial charge is 0.186 e. The summed E-state index contributed by atoms with van der Waals surface area (Å²) in [6.07, 6.45) is 6.19. The molecule has 0 aliphatic heterocycles. The zero-order chi connectivity index (χ0) is 9.90. The van der Waals surface area contributed by atoms with Gasteiger partial charge in [0.05, 0.1) is 17.3 Å². The molecule has 1 N–H and O–H groups in total. The van der Waals surface area contributed by atoms with Crippen molar-refractivity contribution < 1.29 is 0 Å². The largest absolute Gasteiger partial charge is 0.351 e. The molecule has 1 rings (SSSR count). The van der Waals surface area contributed by atoms with Crippen LogP contribution in [0.5, 0.6) is 0 Å². The van der Waals surface area contributed by atoms with Crippen LogP contribution in [0.3, 0.4) is 0 Å². The van der Waals surface area contributed by atoms with E-state index in [4.69, 9.17) is 18.0 Å². The van der Waals surface area contributed by atoms with Crippen LogP contribution in [0, 0.1) is 12.3 Å². The molecule has 1 aromatic heterocycles. The molecule has 0 saturated carbocycles. The van der Waals surface area contributed by atoms with Crippen molar-refractivity contribution in [1.82, 2.24) is 8.75 Å². The first-order valence-corrected chi connectivity index (χ1v) is 4.96. The first kappa shape index (κ1) is 10.3. The summed E-state index contributed by atoms with van der Waals surface area (Å²) in [5.41, 5.74) is -0.403. The van der Waals surface area contributed by atoms with Gasteiger partial charge in [0.2, 0.25) is 0 Å². The molecule has 3 nitrogen and oxygen atoms in total. The second-order valence-electron chi connectivity index (χ2n) is 2.86. The molecule has 5 heteroatoms. The SMILES string of the molecule is C#CC(C)(CC)Nc1nsnc1Cl. The molecule has 0 aliphatic carbocycles. The van der Waals surface area contributed by atoms with Crippen LogP contribution >= 0.6 is 23.3 Å². The Balaban J connectivity index is 2.80. The molecule has 0 aliphatic rings. The number of nitrogens with zero attached hydrogens (tertiary/aromatic N) is 2. The normalized spacial score (nSPS) is 14.6. The van der Waals surface area contributed by atoms with Crippen molar-refractivity contribution in [3.8, 4) is 12.3 Å². The summed E-state index contributed by atoms with van der Waals surface area (Å²) in [7, 11) is 0. The van der Waals surface area contributed by atoms with E-state index in [1.807, 2.05) is 13.8 Å². The minimum absolute atomic E-state index is 0.375. The van der Waals surface area contributed by atoms with E-state index in [0.717, 1.165) is 18.1 Å². The van der Waals surface area contributed by atoms with Gasteiger partial charge >= 0.3 is 0 Å². The molecule has 0 saturated heterocycles. The Bertz CT molecular complexity index is 330. The van der Waals surface area contributed by atoms with Crippen molar-refractivity contribution >= 4 is 29.1 Å². The van der Waals surface area contributed by atoms with E-state index in [9.17, 15) is 0 Å². The highest BCUT2D eigenvalue weighted by atomic mass is 35.5. The Morgan fingerprint density at radius 3 is 2.77 bits per heavy atom. The Labute approximate surface area is 86.8 Å². The average molecular weight is 216 g/mol. The van der Waals surface area contributed by atoms with Crippen LogP contribution in [0.2, 0.25) is 5.15 Å². The first-order valence-electron chi connectivity index (χ1n) is 3.85. The molecule has 13 heavy (non-hydrogen) atoms. The minimum Gasteiger partial charge on any atom is -0.351 e. The maximum Gasteiger partial charge on any atom is 0.186 e. The number of aromatic nitrogens is 2. The lowest BCUT2D eigenvalue weighted by molar-refractivity contribution is 0.633. The predicted octanol–water partition coefficient (Wildman–Crippen LogP) is 2.41.